The molecule has 4 rings (SSSR count). The topological polar surface area (TPSA) is 84.8 Å². The van der Waals surface area contributed by atoms with Crippen LogP contribution >= 0.6 is 0 Å². The van der Waals surface area contributed by atoms with E-state index in [-0.39, 0.29) is 17.6 Å². The van der Waals surface area contributed by atoms with Gasteiger partial charge in [0.1, 0.15) is 11.5 Å². The van der Waals surface area contributed by atoms with Crippen molar-refractivity contribution in [2.75, 3.05) is 5.32 Å². The highest BCUT2D eigenvalue weighted by Gasteiger charge is 2.47. The van der Waals surface area contributed by atoms with Gasteiger partial charge in [0.15, 0.2) is 5.78 Å². The fourth-order valence-corrected chi connectivity index (χ4v) is 4.40. The molecule has 4 heterocycles. The number of aromatic nitrogens is 3. The number of amides is 1. The van der Waals surface area contributed by atoms with Crippen LogP contribution in [0.15, 0.2) is 48.8 Å². The van der Waals surface area contributed by atoms with E-state index in [1.165, 1.54) is 0 Å². The monoisotopic (exact) mass is 428 g/mol. The summed E-state index contributed by atoms with van der Waals surface area (Å²) in [6, 6.07) is 11.6. The number of aryl methyl sites for hydroxylation is 3. The highest BCUT2D eigenvalue weighted by molar-refractivity contribution is 6.05. The molecule has 32 heavy (non-hydrogen) atoms. The van der Waals surface area contributed by atoms with Crippen molar-refractivity contribution in [1.82, 2.24) is 15.0 Å². The van der Waals surface area contributed by atoms with Crippen molar-refractivity contribution in [3.05, 3.63) is 82.6 Å². The van der Waals surface area contributed by atoms with Crippen LogP contribution in [0.25, 0.3) is 0 Å². The Bertz CT molecular complexity index is 1170. The lowest BCUT2D eigenvalue weighted by atomic mass is 9.71. The zero-order chi connectivity index (χ0) is 22.9. The second-order valence-corrected chi connectivity index (χ2v) is 8.64. The van der Waals surface area contributed by atoms with Gasteiger partial charge < -0.3 is 5.32 Å². The molecule has 1 aliphatic heterocycles. The predicted octanol–water partition coefficient (Wildman–Crippen LogP) is 4.57. The van der Waals surface area contributed by atoms with E-state index in [9.17, 15) is 9.59 Å². The van der Waals surface area contributed by atoms with Gasteiger partial charge >= 0.3 is 0 Å². The number of nitrogens with one attached hydrogen (secondary N) is 1. The van der Waals surface area contributed by atoms with E-state index < -0.39 is 5.41 Å². The van der Waals surface area contributed by atoms with Gasteiger partial charge in [-0.1, -0.05) is 26.0 Å². The summed E-state index contributed by atoms with van der Waals surface area (Å²) < 4.78 is 0. The van der Waals surface area contributed by atoms with Gasteiger partial charge in [0.25, 0.3) is 0 Å². The third-order valence-electron chi connectivity index (χ3n) is 6.58. The zero-order valence-corrected chi connectivity index (χ0v) is 19.0. The number of carbonyl (C=O) groups excluding carboxylic acids is 2. The Labute approximate surface area is 188 Å². The van der Waals surface area contributed by atoms with E-state index >= 15 is 0 Å². The van der Waals surface area contributed by atoms with Crippen LogP contribution in [0.2, 0.25) is 0 Å². The number of fused-ring (bicyclic) bond motifs is 1. The minimum Gasteiger partial charge on any atom is -0.310 e. The van der Waals surface area contributed by atoms with Crippen LogP contribution in [0.5, 0.6) is 0 Å². The van der Waals surface area contributed by atoms with Gasteiger partial charge in [-0.05, 0) is 62.1 Å². The number of rotatable bonds is 7. The Morgan fingerprint density at radius 3 is 2.72 bits per heavy atom. The maximum atomic E-state index is 12.8. The van der Waals surface area contributed by atoms with Crippen molar-refractivity contribution in [2.24, 2.45) is 0 Å². The maximum Gasteiger partial charge on any atom is 0.236 e. The minimum absolute atomic E-state index is 0.0103. The van der Waals surface area contributed by atoms with Crippen LogP contribution in [-0.4, -0.2) is 26.6 Å². The molecule has 0 fully saturated rings. The average Bonchev–Trinajstić information content (AvgIpc) is 3.07. The Morgan fingerprint density at radius 1 is 1.19 bits per heavy atom. The van der Waals surface area contributed by atoms with Gasteiger partial charge in [0.05, 0.1) is 5.41 Å². The van der Waals surface area contributed by atoms with E-state index in [0.717, 1.165) is 34.5 Å². The summed E-state index contributed by atoms with van der Waals surface area (Å²) in [5, 5.41) is 2.88. The Morgan fingerprint density at radius 2 is 2.00 bits per heavy atom. The molecule has 1 aliphatic rings. The van der Waals surface area contributed by atoms with E-state index in [4.69, 9.17) is 0 Å². The number of pyridine rings is 3. The minimum atomic E-state index is -0.743. The molecule has 6 heteroatoms. The second kappa shape index (κ2) is 8.61. The fraction of sp³-hybridized carbons (Fsp3) is 0.346. The summed E-state index contributed by atoms with van der Waals surface area (Å²) in [4.78, 5) is 38.7. The van der Waals surface area contributed by atoms with Crippen LogP contribution in [0.1, 0.15) is 71.7 Å². The van der Waals surface area contributed by atoms with Gasteiger partial charge in [0.2, 0.25) is 5.91 Å². The first-order valence-corrected chi connectivity index (χ1v) is 11.1. The molecule has 1 amide bonds. The third-order valence-corrected chi connectivity index (χ3v) is 6.58. The highest BCUT2D eigenvalue weighted by atomic mass is 16.2. The zero-order valence-electron chi connectivity index (χ0n) is 19.0. The molecule has 0 aromatic carbocycles. The van der Waals surface area contributed by atoms with Crippen LogP contribution in [0, 0.1) is 6.92 Å². The first-order chi connectivity index (χ1) is 15.3. The molecule has 0 saturated heterocycles. The number of hydrogen-bond donors (Lipinski definition) is 1. The van der Waals surface area contributed by atoms with E-state index in [0.29, 0.717) is 24.4 Å². The van der Waals surface area contributed by atoms with Gasteiger partial charge in [-0.25, -0.2) is 4.98 Å². The molecule has 0 radical (unpaired) electrons. The number of hydrogen-bond acceptors (Lipinski definition) is 5. The molecule has 1 N–H and O–H groups in total. The molecular formula is C26H28N4O2. The normalized spacial score (nSPS) is 18.2. The average molecular weight is 429 g/mol. The molecular weight excluding hydrogens is 400 g/mol. The lowest BCUT2D eigenvalue weighted by Crippen LogP contribution is -2.36. The summed E-state index contributed by atoms with van der Waals surface area (Å²) in [6.07, 6.45) is 5.33. The van der Waals surface area contributed by atoms with E-state index in [1.54, 1.807) is 18.5 Å². The first-order valence-electron chi connectivity index (χ1n) is 11.1. The highest BCUT2D eigenvalue weighted by Crippen LogP contribution is 2.45. The van der Waals surface area contributed by atoms with Crippen LogP contribution in [0.3, 0.4) is 0 Å². The number of ketones is 1. The number of nitrogens with zero attached hydrogens (tertiary/aromatic N) is 3. The molecule has 0 spiro atoms. The number of Topliss-reactive ketones (excluding diaryl/α,β-unsaturated/α-hetero) is 1. The molecule has 2 atom stereocenters. The molecule has 0 bridgehead atoms. The van der Waals surface area contributed by atoms with Gasteiger partial charge in [0, 0.05) is 41.7 Å². The molecule has 3 aromatic heterocycles. The van der Waals surface area contributed by atoms with E-state index in [2.05, 4.69) is 33.3 Å². The molecule has 0 unspecified atom stereocenters. The molecule has 0 saturated carbocycles. The lowest BCUT2D eigenvalue weighted by molar-refractivity contribution is -0.120. The number of carbonyl (C=O) groups is 2. The van der Waals surface area contributed by atoms with Gasteiger partial charge in [-0.3, -0.25) is 19.6 Å². The van der Waals surface area contributed by atoms with E-state index in [1.807, 2.05) is 45.0 Å². The predicted molar refractivity (Wildman–Crippen MR) is 124 cm³/mol. The van der Waals surface area contributed by atoms with Crippen LogP contribution < -0.4 is 5.32 Å². The lowest BCUT2D eigenvalue weighted by Gasteiger charge is -2.29. The summed E-state index contributed by atoms with van der Waals surface area (Å²) in [5.41, 5.74) is 4.65. The standard InChI is InChI=1S/C26H28N4O2/c1-5-20-14-18(13-16(2)29-20)8-11-23(31)22-10-9-19(15-28-22)17(3)26(4)21-7-6-12-27-24(21)30-25(26)32/h6-7,9-10,12-15,17H,5,8,11H2,1-4H3,(H,27,30,32)/t17-,26-/m1/s1. The third kappa shape index (κ3) is 3.93. The summed E-state index contributed by atoms with van der Waals surface area (Å²) in [6.45, 7) is 8.00. The molecule has 3 aromatic rings. The van der Waals surface area contributed by atoms with Crippen molar-refractivity contribution >= 4 is 17.5 Å². The fourth-order valence-electron chi connectivity index (χ4n) is 4.40. The van der Waals surface area contributed by atoms with Gasteiger partial charge in [-0.15, -0.1) is 0 Å². The van der Waals surface area contributed by atoms with Crippen molar-refractivity contribution in [2.45, 2.75) is 58.3 Å². The second-order valence-electron chi connectivity index (χ2n) is 8.64. The number of anilines is 1. The van der Waals surface area contributed by atoms with Crippen molar-refractivity contribution < 1.29 is 9.59 Å². The molecule has 6 nitrogen and oxygen atoms in total. The SMILES string of the molecule is CCc1cc(CCC(=O)c2ccc([C@@H](C)[C@@]3(C)C(=O)Nc4ncccc43)cn2)cc(C)n1. The van der Waals surface area contributed by atoms with Crippen molar-refractivity contribution in [3.63, 3.8) is 0 Å². The van der Waals surface area contributed by atoms with Gasteiger partial charge in [-0.2, -0.15) is 0 Å². The quantitative estimate of drug-likeness (QED) is 0.557. The maximum absolute atomic E-state index is 12.8. The Kier molecular flexibility index (Phi) is 5.87. The van der Waals surface area contributed by atoms with Crippen molar-refractivity contribution in [1.29, 1.82) is 0 Å². The summed E-state index contributed by atoms with van der Waals surface area (Å²) >= 11 is 0. The van der Waals surface area contributed by atoms with Crippen LogP contribution in [0.4, 0.5) is 5.82 Å². The van der Waals surface area contributed by atoms with Crippen LogP contribution in [-0.2, 0) is 23.1 Å². The Hall–Kier alpha value is -3.41. The largest absolute Gasteiger partial charge is 0.310 e. The smallest absolute Gasteiger partial charge is 0.236 e. The summed E-state index contributed by atoms with van der Waals surface area (Å²) in [7, 11) is 0. The molecule has 164 valence electrons. The van der Waals surface area contributed by atoms with Crippen molar-refractivity contribution in [3.8, 4) is 0 Å². The first kappa shape index (κ1) is 21.8. The summed E-state index contributed by atoms with van der Waals surface area (Å²) in [5.74, 6) is 0.426. The molecule has 0 aliphatic carbocycles. The Balaban J connectivity index is 1.48.